The summed E-state index contributed by atoms with van der Waals surface area (Å²) in [5.41, 5.74) is 2.23. The van der Waals surface area contributed by atoms with Gasteiger partial charge in [0.2, 0.25) is 0 Å². The molecule has 156 valence electrons. The van der Waals surface area contributed by atoms with Crippen molar-refractivity contribution in [3.05, 3.63) is 94.3 Å². The van der Waals surface area contributed by atoms with Gasteiger partial charge in [-0.2, -0.15) is 0 Å². The Hall–Kier alpha value is -2.90. The highest BCUT2D eigenvalue weighted by Gasteiger charge is 2.21. The second-order valence-corrected chi connectivity index (χ2v) is 8.92. The normalized spacial score (nSPS) is 12.3. The molecule has 1 atom stereocenters. The van der Waals surface area contributed by atoms with Gasteiger partial charge in [0.05, 0.1) is 11.1 Å². The van der Waals surface area contributed by atoms with Gasteiger partial charge in [-0.1, -0.05) is 41.4 Å². The van der Waals surface area contributed by atoms with Crippen LogP contribution in [-0.4, -0.2) is 14.3 Å². The van der Waals surface area contributed by atoms with Crippen LogP contribution in [0.1, 0.15) is 34.5 Å². The summed E-state index contributed by atoms with van der Waals surface area (Å²) in [7, 11) is -4.00. The number of nitrogens with one attached hydrogen (secondary N) is 2. The predicted octanol–water partition coefficient (Wildman–Crippen LogP) is 5.08. The van der Waals surface area contributed by atoms with Gasteiger partial charge in [0.1, 0.15) is 10.7 Å². The molecule has 0 heterocycles. The Balaban J connectivity index is 1.82. The second kappa shape index (κ2) is 8.85. The van der Waals surface area contributed by atoms with E-state index in [0.29, 0.717) is 11.3 Å². The van der Waals surface area contributed by atoms with Crippen molar-refractivity contribution in [3.63, 3.8) is 0 Å². The monoisotopic (exact) mass is 446 g/mol. The zero-order valence-corrected chi connectivity index (χ0v) is 17.9. The van der Waals surface area contributed by atoms with E-state index in [1.807, 2.05) is 6.92 Å². The third-order valence-corrected chi connectivity index (χ3v) is 6.37. The lowest BCUT2D eigenvalue weighted by atomic mass is 10.1. The molecule has 0 spiro atoms. The standard InChI is InChI=1S/C22H20ClFN2O3S/c1-14-3-10-19(11-4-14)26-30(28,29)21-13-17(7-12-20(21)23)22(27)25-15(2)16-5-8-18(24)9-6-16/h3-13,15,26H,1-2H3,(H,25,27)/t15-/m0/s1. The van der Waals surface area contributed by atoms with Crippen molar-refractivity contribution in [1.82, 2.24) is 5.32 Å². The second-order valence-electron chi connectivity index (χ2n) is 6.86. The van der Waals surface area contributed by atoms with Crippen LogP contribution >= 0.6 is 11.6 Å². The summed E-state index contributed by atoms with van der Waals surface area (Å²) in [6, 6.07) is 16.2. The molecule has 0 aliphatic heterocycles. The lowest BCUT2D eigenvalue weighted by Crippen LogP contribution is -2.27. The number of rotatable bonds is 6. The van der Waals surface area contributed by atoms with Gasteiger partial charge in [-0.05, 0) is 61.9 Å². The lowest BCUT2D eigenvalue weighted by molar-refractivity contribution is 0.0939. The quantitative estimate of drug-likeness (QED) is 0.554. The number of anilines is 1. The van der Waals surface area contributed by atoms with Crippen molar-refractivity contribution < 1.29 is 17.6 Å². The van der Waals surface area contributed by atoms with Gasteiger partial charge < -0.3 is 5.32 Å². The number of benzene rings is 3. The molecule has 30 heavy (non-hydrogen) atoms. The van der Waals surface area contributed by atoms with Gasteiger partial charge in [-0.3, -0.25) is 9.52 Å². The molecule has 0 bridgehead atoms. The van der Waals surface area contributed by atoms with Crippen LogP contribution in [0.15, 0.2) is 71.6 Å². The minimum atomic E-state index is -4.00. The largest absolute Gasteiger partial charge is 0.346 e. The van der Waals surface area contributed by atoms with Crippen LogP contribution in [-0.2, 0) is 10.0 Å². The molecule has 5 nitrogen and oxygen atoms in total. The van der Waals surface area contributed by atoms with Crippen molar-refractivity contribution in [2.75, 3.05) is 4.72 Å². The SMILES string of the molecule is Cc1ccc(NS(=O)(=O)c2cc(C(=O)N[C@@H](C)c3ccc(F)cc3)ccc2Cl)cc1. The summed E-state index contributed by atoms with van der Waals surface area (Å²) < 4.78 is 41.1. The molecule has 0 unspecified atom stereocenters. The highest BCUT2D eigenvalue weighted by atomic mass is 35.5. The summed E-state index contributed by atoms with van der Waals surface area (Å²) in [5, 5.41) is 2.76. The first-order chi connectivity index (χ1) is 14.2. The van der Waals surface area contributed by atoms with E-state index in [0.717, 1.165) is 5.56 Å². The Bertz CT molecular complexity index is 1160. The molecule has 3 rings (SSSR count). The third-order valence-electron chi connectivity index (χ3n) is 4.50. The average Bonchev–Trinajstić information content (AvgIpc) is 2.70. The van der Waals surface area contributed by atoms with Crippen LogP contribution in [0, 0.1) is 12.7 Å². The molecular weight excluding hydrogens is 427 g/mol. The summed E-state index contributed by atoms with van der Waals surface area (Å²) in [4.78, 5) is 12.4. The first-order valence-corrected chi connectivity index (χ1v) is 11.0. The van der Waals surface area contributed by atoms with E-state index in [1.54, 1.807) is 43.3 Å². The topological polar surface area (TPSA) is 75.3 Å². The fraction of sp³-hybridized carbons (Fsp3) is 0.136. The van der Waals surface area contributed by atoms with Gasteiger partial charge in [-0.15, -0.1) is 0 Å². The number of carbonyl (C=O) groups excluding carboxylic acids is 1. The summed E-state index contributed by atoms with van der Waals surface area (Å²) >= 11 is 6.11. The highest BCUT2D eigenvalue weighted by molar-refractivity contribution is 7.92. The third kappa shape index (κ3) is 5.17. The molecule has 0 aromatic heterocycles. The summed E-state index contributed by atoms with van der Waals surface area (Å²) in [6.07, 6.45) is 0. The number of amides is 1. The summed E-state index contributed by atoms with van der Waals surface area (Å²) in [5.74, 6) is -0.846. The number of hydrogen-bond donors (Lipinski definition) is 2. The molecule has 0 saturated heterocycles. The number of sulfonamides is 1. The molecule has 8 heteroatoms. The molecular formula is C22H20ClFN2O3S. The Morgan fingerprint density at radius 3 is 2.27 bits per heavy atom. The maximum absolute atomic E-state index is 13.1. The van der Waals surface area contributed by atoms with E-state index in [4.69, 9.17) is 11.6 Å². The van der Waals surface area contributed by atoms with Crippen LogP contribution in [0.25, 0.3) is 0 Å². The number of carbonyl (C=O) groups is 1. The molecule has 0 saturated carbocycles. The smallest absolute Gasteiger partial charge is 0.263 e. The van der Waals surface area contributed by atoms with Gasteiger partial charge in [-0.25, -0.2) is 12.8 Å². The Kier molecular flexibility index (Phi) is 6.43. The first kappa shape index (κ1) is 21.8. The highest BCUT2D eigenvalue weighted by Crippen LogP contribution is 2.26. The lowest BCUT2D eigenvalue weighted by Gasteiger charge is -2.15. The Morgan fingerprint density at radius 2 is 1.63 bits per heavy atom. The minimum absolute atomic E-state index is 0.00209. The molecule has 2 N–H and O–H groups in total. The van der Waals surface area contributed by atoms with Crippen molar-refractivity contribution in [2.45, 2.75) is 24.8 Å². The van der Waals surface area contributed by atoms with Gasteiger partial charge >= 0.3 is 0 Å². The number of halogens is 2. The molecule has 0 fully saturated rings. The zero-order chi connectivity index (χ0) is 21.9. The summed E-state index contributed by atoms with van der Waals surface area (Å²) in [6.45, 7) is 3.64. The van der Waals surface area contributed by atoms with Crippen molar-refractivity contribution in [1.29, 1.82) is 0 Å². The molecule has 0 aliphatic rings. The fourth-order valence-corrected chi connectivity index (χ4v) is 4.38. The van der Waals surface area contributed by atoms with E-state index in [2.05, 4.69) is 10.0 Å². The van der Waals surface area contributed by atoms with Crippen LogP contribution in [0.3, 0.4) is 0 Å². The van der Waals surface area contributed by atoms with Crippen LogP contribution in [0.5, 0.6) is 0 Å². The zero-order valence-electron chi connectivity index (χ0n) is 16.3. The molecule has 3 aromatic rings. The van der Waals surface area contributed by atoms with E-state index >= 15 is 0 Å². The molecule has 0 radical (unpaired) electrons. The number of aryl methyl sites for hydroxylation is 1. The van der Waals surface area contributed by atoms with Crippen molar-refractivity contribution in [2.24, 2.45) is 0 Å². The van der Waals surface area contributed by atoms with Crippen LogP contribution < -0.4 is 10.0 Å². The first-order valence-electron chi connectivity index (χ1n) is 9.11. The Morgan fingerprint density at radius 1 is 1.00 bits per heavy atom. The van der Waals surface area contributed by atoms with Crippen LogP contribution in [0.2, 0.25) is 5.02 Å². The van der Waals surface area contributed by atoms with E-state index in [-0.39, 0.29) is 21.3 Å². The van der Waals surface area contributed by atoms with E-state index < -0.39 is 22.0 Å². The van der Waals surface area contributed by atoms with Gasteiger partial charge in [0.15, 0.2) is 0 Å². The fourth-order valence-electron chi connectivity index (χ4n) is 2.80. The minimum Gasteiger partial charge on any atom is -0.346 e. The van der Waals surface area contributed by atoms with Crippen LogP contribution in [0.4, 0.5) is 10.1 Å². The maximum Gasteiger partial charge on any atom is 0.263 e. The van der Waals surface area contributed by atoms with Crippen molar-refractivity contribution >= 4 is 33.2 Å². The van der Waals surface area contributed by atoms with Crippen molar-refractivity contribution in [3.8, 4) is 0 Å². The molecule has 3 aromatic carbocycles. The maximum atomic E-state index is 13.1. The predicted molar refractivity (Wildman–Crippen MR) is 116 cm³/mol. The number of hydrogen-bond acceptors (Lipinski definition) is 3. The molecule has 1 amide bonds. The van der Waals surface area contributed by atoms with Gasteiger partial charge in [0, 0.05) is 11.3 Å². The molecule has 0 aliphatic carbocycles. The van der Waals surface area contributed by atoms with E-state index in [9.17, 15) is 17.6 Å². The van der Waals surface area contributed by atoms with Gasteiger partial charge in [0.25, 0.3) is 15.9 Å². The Labute approximate surface area is 179 Å². The average molecular weight is 447 g/mol. The van der Waals surface area contributed by atoms with E-state index in [1.165, 1.54) is 30.3 Å².